The maximum atomic E-state index is 13.1. The molecule has 1 N–H and O–H groups in total. The fourth-order valence-corrected chi connectivity index (χ4v) is 2.30. The topological polar surface area (TPSA) is 98.5 Å². The number of halogens is 3. The number of hydrogen-bond acceptors (Lipinski definition) is 5. The van der Waals surface area contributed by atoms with Gasteiger partial charge in [0.25, 0.3) is 11.6 Å². The number of ether oxygens (including phenoxy) is 1. The summed E-state index contributed by atoms with van der Waals surface area (Å²) < 4.78 is 43.9. The smallest absolute Gasteiger partial charge is 0.418 e. The van der Waals surface area contributed by atoms with Crippen LogP contribution in [0.4, 0.5) is 24.5 Å². The van der Waals surface area contributed by atoms with Crippen molar-refractivity contribution in [1.29, 1.82) is 0 Å². The second kappa shape index (κ2) is 9.00. The molecule has 0 atom stereocenters. The van der Waals surface area contributed by atoms with E-state index in [-0.39, 0.29) is 0 Å². The van der Waals surface area contributed by atoms with Gasteiger partial charge < -0.3 is 10.1 Å². The van der Waals surface area contributed by atoms with E-state index in [1.807, 2.05) is 24.4 Å². The highest BCUT2D eigenvalue weighted by Gasteiger charge is 2.35. The maximum Gasteiger partial charge on any atom is 0.418 e. The van der Waals surface area contributed by atoms with Crippen molar-refractivity contribution in [2.45, 2.75) is 13.1 Å². The fraction of sp³-hybridized carbons (Fsp3) is 0.158. The summed E-state index contributed by atoms with van der Waals surface area (Å²) in [5.41, 5.74) is -1.14. The molecule has 0 spiro atoms. The molecule has 0 saturated heterocycles. The van der Waals surface area contributed by atoms with Gasteiger partial charge in [-0.2, -0.15) is 13.2 Å². The molecule has 2 aromatic carbocycles. The van der Waals surface area contributed by atoms with E-state index in [4.69, 9.17) is 0 Å². The van der Waals surface area contributed by atoms with Crippen molar-refractivity contribution in [2.75, 3.05) is 11.9 Å². The van der Waals surface area contributed by atoms with Crippen LogP contribution in [0, 0.1) is 17.0 Å². The first-order chi connectivity index (χ1) is 13.6. The number of carbonyl (C=O) groups is 2. The zero-order chi connectivity index (χ0) is 21.6. The Balaban J connectivity index is 2.00. The third kappa shape index (κ3) is 6.45. The third-order valence-corrected chi connectivity index (χ3v) is 3.59. The van der Waals surface area contributed by atoms with E-state index < -0.39 is 46.5 Å². The Hall–Kier alpha value is -3.69. The monoisotopic (exact) mass is 408 g/mol. The number of amides is 1. The second-order valence-corrected chi connectivity index (χ2v) is 5.89. The summed E-state index contributed by atoms with van der Waals surface area (Å²) in [7, 11) is 0. The van der Waals surface area contributed by atoms with Crippen molar-refractivity contribution in [3.63, 3.8) is 0 Å². The molecule has 0 aliphatic carbocycles. The van der Waals surface area contributed by atoms with Crippen molar-refractivity contribution in [3.05, 3.63) is 75.3 Å². The van der Waals surface area contributed by atoms with Crippen molar-refractivity contribution in [3.8, 4) is 0 Å². The molecule has 152 valence electrons. The summed E-state index contributed by atoms with van der Waals surface area (Å²) in [6.45, 7) is 1.04. The van der Waals surface area contributed by atoms with Gasteiger partial charge in [-0.25, -0.2) is 4.79 Å². The van der Waals surface area contributed by atoms with Crippen LogP contribution in [0.1, 0.15) is 16.7 Å². The Labute approximate surface area is 162 Å². The Bertz CT molecular complexity index is 971. The van der Waals surface area contributed by atoms with Gasteiger partial charge in [-0.05, 0) is 24.6 Å². The largest absolute Gasteiger partial charge is 0.452 e. The van der Waals surface area contributed by atoms with Crippen molar-refractivity contribution in [2.24, 2.45) is 0 Å². The van der Waals surface area contributed by atoms with E-state index in [1.165, 1.54) is 6.08 Å². The summed E-state index contributed by atoms with van der Waals surface area (Å²) in [5.74, 6) is -1.89. The van der Waals surface area contributed by atoms with Crippen molar-refractivity contribution in [1.82, 2.24) is 0 Å². The molecule has 0 aliphatic rings. The lowest BCUT2D eigenvalue weighted by molar-refractivity contribution is -0.385. The number of anilines is 1. The highest BCUT2D eigenvalue weighted by Crippen LogP contribution is 2.37. The summed E-state index contributed by atoms with van der Waals surface area (Å²) in [6.07, 6.45) is -2.39. The zero-order valence-electron chi connectivity index (χ0n) is 15.0. The van der Waals surface area contributed by atoms with E-state index in [9.17, 15) is 32.9 Å². The Morgan fingerprint density at radius 2 is 1.93 bits per heavy atom. The maximum absolute atomic E-state index is 13.1. The fourth-order valence-electron chi connectivity index (χ4n) is 2.30. The predicted molar refractivity (Wildman–Crippen MR) is 97.9 cm³/mol. The Kier molecular flexibility index (Phi) is 6.71. The number of alkyl halides is 3. The molecule has 10 heteroatoms. The third-order valence-electron chi connectivity index (χ3n) is 3.59. The zero-order valence-corrected chi connectivity index (χ0v) is 15.0. The highest BCUT2D eigenvalue weighted by molar-refractivity contribution is 5.95. The van der Waals surface area contributed by atoms with Crippen LogP contribution in [0.3, 0.4) is 0 Å². The summed E-state index contributed by atoms with van der Waals surface area (Å²) in [5, 5.41) is 12.6. The summed E-state index contributed by atoms with van der Waals surface area (Å²) in [6, 6.07) is 9.11. The van der Waals surface area contributed by atoms with Crippen LogP contribution in [0.5, 0.6) is 0 Å². The number of benzene rings is 2. The molecule has 0 radical (unpaired) electrons. The molecule has 0 bridgehead atoms. The summed E-state index contributed by atoms with van der Waals surface area (Å²) in [4.78, 5) is 33.2. The first kappa shape index (κ1) is 21.6. The van der Waals surface area contributed by atoms with Gasteiger partial charge >= 0.3 is 12.1 Å². The molecule has 0 unspecified atom stereocenters. The number of nitrogens with zero attached hydrogens (tertiary/aromatic N) is 1. The molecular formula is C19H15F3N2O5. The molecule has 0 aliphatic heterocycles. The molecule has 2 aromatic rings. The van der Waals surface area contributed by atoms with Crippen LogP contribution in [0.15, 0.2) is 48.5 Å². The average molecular weight is 408 g/mol. The first-order valence-electron chi connectivity index (χ1n) is 8.13. The predicted octanol–water partition coefficient (Wildman–Crippen LogP) is 4.12. The minimum absolute atomic E-state index is 0.312. The number of hydrogen-bond donors (Lipinski definition) is 1. The van der Waals surface area contributed by atoms with Gasteiger partial charge in [0.15, 0.2) is 6.61 Å². The molecule has 29 heavy (non-hydrogen) atoms. The normalized spacial score (nSPS) is 11.3. The minimum atomic E-state index is -4.93. The number of carbonyl (C=O) groups excluding carboxylic acids is 2. The molecule has 0 fully saturated rings. The minimum Gasteiger partial charge on any atom is -0.452 e. The van der Waals surface area contributed by atoms with Gasteiger partial charge in [-0.3, -0.25) is 14.9 Å². The molecule has 0 aromatic heterocycles. The molecule has 0 saturated carbocycles. The van der Waals surface area contributed by atoms with E-state index in [1.54, 1.807) is 12.1 Å². The van der Waals surface area contributed by atoms with Crippen LogP contribution in [-0.2, 0) is 20.5 Å². The Morgan fingerprint density at radius 3 is 2.55 bits per heavy atom. The number of non-ortho nitro benzene ring substituents is 1. The molecule has 7 nitrogen and oxygen atoms in total. The van der Waals surface area contributed by atoms with E-state index >= 15 is 0 Å². The second-order valence-electron chi connectivity index (χ2n) is 5.89. The molecular weight excluding hydrogens is 393 g/mol. The lowest BCUT2D eigenvalue weighted by Crippen LogP contribution is -2.22. The van der Waals surface area contributed by atoms with Crippen molar-refractivity contribution >= 4 is 29.3 Å². The molecule has 0 heterocycles. The van der Waals surface area contributed by atoms with Crippen LogP contribution in [0.2, 0.25) is 0 Å². The van der Waals surface area contributed by atoms with E-state index in [0.717, 1.165) is 29.3 Å². The van der Waals surface area contributed by atoms with Gasteiger partial charge in [-0.1, -0.05) is 29.8 Å². The number of esters is 1. The number of nitro groups is 1. The van der Waals surface area contributed by atoms with Crippen LogP contribution in [-0.4, -0.2) is 23.4 Å². The SMILES string of the molecule is Cc1cccc(/C=C/C(=O)OCC(=O)Nc2ccc([N+](=O)[O-])cc2C(F)(F)F)c1. The van der Waals surface area contributed by atoms with Crippen molar-refractivity contribution < 1.29 is 32.4 Å². The number of nitro benzene ring substituents is 1. The van der Waals surface area contributed by atoms with Crippen LogP contribution < -0.4 is 5.32 Å². The van der Waals surface area contributed by atoms with Gasteiger partial charge in [0, 0.05) is 18.2 Å². The standard InChI is InChI=1S/C19H15F3N2O5/c1-12-3-2-4-13(9-12)5-8-18(26)29-11-17(25)23-16-7-6-14(24(27)28)10-15(16)19(20,21)22/h2-10H,11H2,1H3,(H,23,25)/b8-5+. The lowest BCUT2D eigenvalue weighted by atomic mass is 10.1. The number of aryl methyl sites for hydroxylation is 1. The average Bonchev–Trinajstić information content (AvgIpc) is 2.64. The van der Waals surface area contributed by atoms with E-state index in [2.05, 4.69) is 4.74 Å². The quantitative estimate of drug-likeness (QED) is 0.336. The van der Waals surface area contributed by atoms with Gasteiger partial charge in [0.1, 0.15) is 0 Å². The number of rotatable bonds is 6. The lowest BCUT2D eigenvalue weighted by Gasteiger charge is -2.13. The molecule has 2 rings (SSSR count). The number of nitrogens with one attached hydrogen (secondary N) is 1. The first-order valence-corrected chi connectivity index (χ1v) is 8.13. The van der Waals surface area contributed by atoms with Gasteiger partial charge in [0.2, 0.25) is 0 Å². The van der Waals surface area contributed by atoms with Crippen LogP contribution >= 0.6 is 0 Å². The van der Waals surface area contributed by atoms with Gasteiger partial charge in [0.05, 0.1) is 16.2 Å². The van der Waals surface area contributed by atoms with Crippen LogP contribution in [0.25, 0.3) is 6.08 Å². The summed E-state index contributed by atoms with van der Waals surface area (Å²) >= 11 is 0. The van der Waals surface area contributed by atoms with Gasteiger partial charge in [-0.15, -0.1) is 0 Å². The highest BCUT2D eigenvalue weighted by atomic mass is 19.4. The van der Waals surface area contributed by atoms with E-state index in [0.29, 0.717) is 6.07 Å². The Morgan fingerprint density at radius 1 is 1.21 bits per heavy atom. The molecule has 1 amide bonds.